The second-order valence-corrected chi connectivity index (χ2v) is 5.43. The van der Waals surface area contributed by atoms with Crippen molar-refractivity contribution in [2.24, 2.45) is 5.92 Å². The van der Waals surface area contributed by atoms with E-state index >= 15 is 0 Å². The van der Waals surface area contributed by atoms with Crippen LogP contribution in [0, 0.1) is 5.92 Å². The van der Waals surface area contributed by atoms with Gasteiger partial charge >= 0.3 is 0 Å². The number of hydrogen-bond donors (Lipinski definition) is 0. The van der Waals surface area contributed by atoms with Crippen molar-refractivity contribution in [2.75, 3.05) is 0 Å². The van der Waals surface area contributed by atoms with Crippen LogP contribution in [0.1, 0.15) is 65.2 Å². The summed E-state index contributed by atoms with van der Waals surface area (Å²) in [6, 6.07) is 0. The highest BCUT2D eigenvalue weighted by atomic mass is 14.3. The summed E-state index contributed by atoms with van der Waals surface area (Å²) in [6.07, 6.45) is 11.8. The largest absolute Gasteiger partial charge is 0.109 e. The van der Waals surface area contributed by atoms with Crippen molar-refractivity contribution in [3.63, 3.8) is 0 Å². The van der Waals surface area contributed by atoms with Crippen LogP contribution >= 0.6 is 0 Å². The molecule has 0 atom stereocenters. The van der Waals surface area contributed by atoms with Crippen LogP contribution in [0.25, 0.3) is 0 Å². The molecule has 0 radical (unpaired) electrons. The Kier molecular flexibility index (Phi) is 4.35. The second-order valence-electron chi connectivity index (χ2n) is 5.43. The quantitative estimate of drug-likeness (QED) is 0.541. The maximum Gasteiger partial charge on any atom is 0.109 e. The first kappa shape index (κ1) is 11.1. The molecule has 1 rings (SSSR count). The Morgan fingerprint density at radius 1 is 0.846 bits per heavy atom. The zero-order chi connectivity index (χ0) is 9.73. The molecule has 1 aliphatic carbocycles. The molecular weight excluding hydrogens is 155 g/mol. The van der Waals surface area contributed by atoms with E-state index in [1.165, 1.54) is 51.4 Å². The maximum absolute atomic E-state index is 2.50. The molecule has 0 heterocycles. The third-order valence-corrected chi connectivity index (χ3v) is 4.14. The third-order valence-electron chi connectivity index (χ3n) is 4.14. The van der Waals surface area contributed by atoms with Gasteiger partial charge in [-0.1, -0.05) is 70.5 Å². The molecule has 13 heavy (non-hydrogen) atoms. The molecule has 0 aromatic heterocycles. The monoisotopic (exact) mass is 180 g/mol. The van der Waals surface area contributed by atoms with Crippen molar-refractivity contribution >= 4 is 7.85 Å². The SMILES string of the molecule is BC1(C(C)C)CCCCCCCC1. The molecule has 1 aliphatic rings. The minimum absolute atomic E-state index is 0.643. The first-order valence-corrected chi connectivity index (χ1v) is 6.15. The zero-order valence-corrected chi connectivity index (χ0v) is 9.73. The summed E-state index contributed by atoms with van der Waals surface area (Å²) in [5.41, 5.74) is 0. The van der Waals surface area contributed by atoms with E-state index in [1.54, 1.807) is 0 Å². The van der Waals surface area contributed by atoms with Crippen molar-refractivity contribution < 1.29 is 0 Å². The molecule has 0 saturated heterocycles. The molecule has 0 aromatic rings. The summed E-state index contributed by atoms with van der Waals surface area (Å²) in [7, 11) is 2.50. The molecule has 0 unspecified atom stereocenters. The van der Waals surface area contributed by atoms with Gasteiger partial charge in [0, 0.05) is 0 Å². The summed E-state index contributed by atoms with van der Waals surface area (Å²) < 4.78 is 0. The Balaban J connectivity index is 2.49. The smallest absolute Gasteiger partial charge is 0.0629 e. The minimum atomic E-state index is 0.643. The molecule has 1 heteroatoms. The van der Waals surface area contributed by atoms with Crippen molar-refractivity contribution in [2.45, 2.75) is 70.5 Å². The van der Waals surface area contributed by atoms with Gasteiger partial charge in [0.1, 0.15) is 7.85 Å². The molecule has 0 aromatic carbocycles. The van der Waals surface area contributed by atoms with Gasteiger partial charge in [-0.3, -0.25) is 0 Å². The molecule has 1 saturated carbocycles. The third kappa shape index (κ3) is 3.36. The first-order chi connectivity index (χ1) is 6.15. The van der Waals surface area contributed by atoms with Gasteiger partial charge < -0.3 is 0 Å². The van der Waals surface area contributed by atoms with Crippen LogP contribution in [-0.4, -0.2) is 7.85 Å². The molecule has 0 bridgehead atoms. The fourth-order valence-corrected chi connectivity index (χ4v) is 2.47. The zero-order valence-electron chi connectivity index (χ0n) is 9.73. The van der Waals surface area contributed by atoms with Gasteiger partial charge in [0.2, 0.25) is 0 Å². The van der Waals surface area contributed by atoms with E-state index in [1.807, 2.05) is 0 Å². The Morgan fingerprint density at radius 2 is 1.23 bits per heavy atom. The summed E-state index contributed by atoms with van der Waals surface area (Å²) in [5.74, 6) is 0.866. The number of rotatable bonds is 1. The lowest BCUT2D eigenvalue weighted by molar-refractivity contribution is 0.347. The molecular formula is C12H25B. The van der Waals surface area contributed by atoms with Crippen molar-refractivity contribution in [3.05, 3.63) is 0 Å². The summed E-state index contributed by atoms with van der Waals surface area (Å²) >= 11 is 0. The van der Waals surface area contributed by atoms with Crippen molar-refractivity contribution in [1.82, 2.24) is 0 Å². The fourth-order valence-electron chi connectivity index (χ4n) is 2.47. The maximum atomic E-state index is 2.50. The first-order valence-electron chi connectivity index (χ1n) is 6.15. The van der Waals surface area contributed by atoms with Gasteiger partial charge in [-0.15, -0.1) is 0 Å². The fraction of sp³-hybridized carbons (Fsp3) is 1.00. The average Bonchev–Trinajstić information content (AvgIpc) is 2.18. The van der Waals surface area contributed by atoms with Gasteiger partial charge in [0.05, 0.1) is 0 Å². The molecule has 0 nitrogen and oxygen atoms in total. The van der Waals surface area contributed by atoms with Crippen LogP contribution in [0.15, 0.2) is 0 Å². The van der Waals surface area contributed by atoms with E-state index in [2.05, 4.69) is 21.7 Å². The van der Waals surface area contributed by atoms with Crippen LogP contribution in [-0.2, 0) is 0 Å². The van der Waals surface area contributed by atoms with Crippen molar-refractivity contribution in [1.29, 1.82) is 0 Å². The van der Waals surface area contributed by atoms with Gasteiger partial charge in [0.15, 0.2) is 0 Å². The Morgan fingerprint density at radius 3 is 1.62 bits per heavy atom. The molecule has 76 valence electrons. The summed E-state index contributed by atoms with van der Waals surface area (Å²) in [5, 5.41) is 0.643. The van der Waals surface area contributed by atoms with E-state index < -0.39 is 0 Å². The Labute approximate surface area is 84.9 Å². The van der Waals surface area contributed by atoms with Crippen LogP contribution in [0.5, 0.6) is 0 Å². The highest BCUT2D eigenvalue weighted by molar-refractivity contribution is 6.15. The lowest BCUT2D eigenvalue weighted by atomic mass is 9.57. The molecule has 0 aliphatic heterocycles. The van der Waals surface area contributed by atoms with Crippen LogP contribution in [0.4, 0.5) is 0 Å². The highest BCUT2D eigenvalue weighted by Gasteiger charge is 2.27. The Hall–Kier alpha value is 0.0649. The highest BCUT2D eigenvalue weighted by Crippen LogP contribution is 2.43. The molecule has 0 amide bonds. The summed E-state index contributed by atoms with van der Waals surface area (Å²) in [6.45, 7) is 4.80. The van der Waals surface area contributed by atoms with Crippen LogP contribution in [0.3, 0.4) is 0 Å². The van der Waals surface area contributed by atoms with E-state index in [0.717, 1.165) is 5.92 Å². The topological polar surface area (TPSA) is 0 Å². The van der Waals surface area contributed by atoms with Gasteiger partial charge in [-0.2, -0.15) is 0 Å². The second kappa shape index (κ2) is 5.07. The van der Waals surface area contributed by atoms with Crippen LogP contribution < -0.4 is 0 Å². The van der Waals surface area contributed by atoms with E-state index in [9.17, 15) is 0 Å². The normalized spacial score (nSPS) is 24.8. The molecule has 1 fully saturated rings. The van der Waals surface area contributed by atoms with Gasteiger partial charge in [-0.25, -0.2) is 0 Å². The lowest BCUT2D eigenvalue weighted by Gasteiger charge is -2.34. The lowest BCUT2D eigenvalue weighted by Crippen LogP contribution is -2.19. The molecule has 0 N–H and O–H groups in total. The van der Waals surface area contributed by atoms with E-state index in [0.29, 0.717) is 5.31 Å². The van der Waals surface area contributed by atoms with E-state index in [-0.39, 0.29) is 0 Å². The predicted octanol–water partition coefficient (Wildman–Crippen LogP) is 3.57. The van der Waals surface area contributed by atoms with Gasteiger partial charge in [0.25, 0.3) is 0 Å². The predicted molar refractivity (Wildman–Crippen MR) is 63.0 cm³/mol. The van der Waals surface area contributed by atoms with Crippen molar-refractivity contribution in [3.8, 4) is 0 Å². The molecule has 0 spiro atoms. The summed E-state index contributed by atoms with van der Waals surface area (Å²) in [4.78, 5) is 0. The minimum Gasteiger partial charge on any atom is -0.0629 e. The average molecular weight is 180 g/mol. The standard InChI is InChI=1S/C12H25B/c1-11(2)12(13)9-7-5-3-4-6-8-10-12/h11H,3-10,13H2,1-2H3. The Bertz CT molecular complexity index is 130. The van der Waals surface area contributed by atoms with Gasteiger partial charge in [-0.05, 0) is 5.92 Å². The van der Waals surface area contributed by atoms with E-state index in [4.69, 9.17) is 0 Å². The number of hydrogen-bond acceptors (Lipinski definition) is 0. The van der Waals surface area contributed by atoms with Crippen LogP contribution in [0.2, 0.25) is 5.31 Å².